The van der Waals surface area contributed by atoms with E-state index in [2.05, 4.69) is 41.0 Å². The molecule has 0 unspecified atom stereocenters. The molecule has 0 aliphatic carbocycles. The van der Waals surface area contributed by atoms with Gasteiger partial charge in [-0.3, -0.25) is 0 Å². The fraction of sp³-hybridized carbons (Fsp3) is 0.700. The van der Waals surface area contributed by atoms with E-state index in [4.69, 9.17) is 10.5 Å². The molecule has 5 heteroatoms. The lowest BCUT2D eigenvalue weighted by Gasteiger charge is -2.38. The summed E-state index contributed by atoms with van der Waals surface area (Å²) in [7, 11) is 0. The molecule has 1 atom stereocenters. The molecule has 2 fully saturated rings. The lowest BCUT2D eigenvalue weighted by Crippen LogP contribution is -2.48. The van der Waals surface area contributed by atoms with Crippen LogP contribution in [0.25, 0.3) is 0 Å². The van der Waals surface area contributed by atoms with Gasteiger partial charge in [-0.15, -0.1) is 0 Å². The number of ether oxygens (including phenoxy) is 1. The van der Waals surface area contributed by atoms with E-state index < -0.39 is 5.60 Å². The van der Waals surface area contributed by atoms with E-state index in [0.29, 0.717) is 6.54 Å². The van der Waals surface area contributed by atoms with Crippen molar-refractivity contribution in [3.05, 3.63) is 24.3 Å². The van der Waals surface area contributed by atoms with Crippen LogP contribution < -0.4 is 15.4 Å². The number of piperidine rings is 1. The number of hydrogen-bond donors (Lipinski definition) is 2. The van der Waals surface area contributed by atoms with Gasteiger partial charge in [0.25, 0.3) is 0 Å². The third-order valence-electron chi connectivity index (χ3n) is 5.82. The summed E-state index contributed by atoms with van der Waals surface area (Å²) in [6, 6.07) is 9.07. The Morgan fingerprint density at radius 3 is 2.52 bits per heavy atom. The zero-order valence-corrected chi connectivity index (χ0v) is 15.5. The topological polar surface area (TPSA) is 62.0 Å². The first kappa shape index (κ1) is 18.5. The average molecular weight is 348 g/mol. The van der Waals surface area contributed by atoms with Crippen LogP contribution in [0.2, 0.25) is 0 Å². The molecule has 0 saturated carbocycles. The van der Waals surface area contributed by atoms with Crippen LogP contribution in [0.3, 0.4) is 0 Å². The van der Waals surface area contributed by atoms with Crippen LogP contribution in [-0.2, 0) is 0 Å². The number of aliphatic hydroxyl groups is 1. The molecule has 0 aromatic heterocycles. The Bertz CT molecular complexity index is 526. The van der Waals surface area contributed by atoms with Gasteiger partial charge in [-0.25, -0.2) is 0 Å². The number of nitrogens with two attached hydrogens (primary N) is 1. The lowest BCUT2D eigenvalue weighted by atomic mass is 9.91. The van der Waals surface area contributed by atoms with Gasteiger partial charge in [0.1, 0.15) is 5.75 Å². The predicted octanol–water partition coefficient (Wildman–Crippen LogP) is 2.23. The summed E-state index contributed by atoms with van der Waals surface area (Å²) in [5.74, 6) is 0.939. The van der Waals surface area contributed by atoms with Crippen molar-refractivity contribution >= 4 is 5.69 Å². The molecule has 5 nitrogen and oxygen atoms in total. The normalized spacial score (nSPS) is 23.8. The van der Waals surface area contributed by atoms with E-state index in [0.717, 1.165) is 57.3 Å². The summed E-state index contributed by atoms with van der Waals surface area (Å²) in [5, 5.41) is 10.2. The molecule has 0 spiro atoms. The minimum Gasteiger partial charge on any atom is -0.494 e. The zero-order valence-electron chi connectivity index (χ0n) is 15.5. The van der Waals surface area contributed by atoms with Gasteiger partial charge in [0, 0.05) is 37.9 Å². The van der Waals surface area contributed by atoms with Crippen LogP contribution in [0.15, 0.2) is 24.3 Å². The molecule has 2 aliphatic rings. The van der Waals surface area contributed by atoms with Crippen molar-refractivity contribution in [1.29, 1.82) is 0 Å². The minimum atomic E-state index is -0.674. The molecule has 2 saturated heterocycles. The standard InChI is InChI=1S/C20H33N3O2/c1-17-4-2-11-22(17)12-3-15-25-19-7-5-18(6-8-19)23-13-9-20(24,16-21)10-14-23/h5-8,17,24H,2-4,9-16,21H2,1H3/t17-/m1/s1. The minimum absolute atomic E-state index is 0.351. The van der Waals surface area contributed by atoms with E-state index in [1.165, 1.54) is 25.1 Å². The molecule has 2 aliphatic heterocycles. The van der Waals surface area contributed by atoms with E-state index >= 15 is 0 Å². The maximum atomic E-state index is 10.2. The first-order chi connectivity index (χ1) is 12.1. The Kier molecular flexibility index (Phi) is 6.20. The maximum absolute atomic E-state index is 10.2. The quantitative estimate of drug-likeness (QED) is 0.741. The van der Waals surface area contributed by atoms with Crippen LogP contribution in [0.5, 0.6) is 5.75 Å². The molecule has 0 radical (unpaired) electrons. The van der Waals surface area contributed by atoms with Crippen LogP contribution in [0.4, 0.5) is 5.69 Å². The molecule has 3 rings (SSSR count). The van der Waals surface area contributed by atoms with Crippen LogP contribution in [-0.4, -0.2) is 61.0 Å². The van der Waals surface area contributed by atoms with Crippen LogP contribution in [0, 0.1) is 0 Å². The highest BCUT2D eigenvalue weighted by atomic mass is 16.5. The molecule has 25 heavy (non-hydrogen) atoms. The smallest absolute Gasteiger partial charge is 0.119 e. The number of nitrogens with zero attached hydrogens (tertiary/aromatic N) is 2. The first-order valence-electron chi connectivity index (χ1n) is 9.74. The van der Waals surface area contributed by atoms with E-state index in [-0.39, 0.29) is 0 Å². The van der Waals surface area contributed by atoms with Gasteiger partial charge in [-0.1, -0.05) is 0 Å². The Balaban J connectivity index is 1.40. The highest BCUT2D eigenvalue weighted by Gasteiger charge is 2.30. The molecule has 2 heterocycles. The number of anilines is 1. The van der Waals surface area contributed by atoms with E-state index in [1.54, 1.807) is 0 Å². The van der Waals surface area contributed by atoms with Gasteiger partial charge in [-0.2, -0.15) is 0 Å². The second-order valence-electron chi connectivity index (χ2n) is 7.64. The van der Waals surface area contributed by atoms with Crippen molar-refractivity contribution in [2.24, 2.45) is 5.73 Å². The third kappa shape index (κ3) is 4.87. The fourth-order valence-electron chi connectivity index (χ4n) is 3.92. The van der Waals surface area contributed by atoms with Gasteiger partial charge in [0.2, 0.25) is 0 Å². The Hall–Kier alpha value is -1.30. The van der Waals surface area contributed by atoms with Gasteiger partial charge < -0.3 is 25.4 Å². The highest BCUT2D eigenvalue weighted by Crippen LogP contribution is 2.27. The van der Waals surface area contributed by atoms with Gasteiger partial charge in [0.15, 0.2) is 0 Å². The summed E-state index contributed by atoms with van der Waals surface area (Å²) < 4.78 is 5.89. The maximum Gasteiger partial charge on any atom is 0.119 e. The Morgan fingerprint density at radius 2 is 1.92 bits per heavy atom. The van der Waals surface area contributed by atoms with Crippen molar-refractivity contribution in [2.75, 3.05) is 44.2 Å². The van der Waals surface area contributed by atoms with E-state index in [9.17, 15) is 5.11 Å². The van der Waals surface area contributed by atoms with Gasteiger partial charge >= 0.3 is 0 Å². The molecule has 140 valence electrons. The Morgan fingerprint density at radius 1 is 1.20 bits per heavy atom. The fourth-order valence-corrected chi connectivity index (χ4v) is 3.92. The summed E-state index contributed by atoms with van der Waals surface area (Å²) in [4.78, 5) is 4.87. The van der Waals surface area contributed by atoms with Gasteiger partial charge in [-0.05, 0) is 69.8 Å². The largest absolute Gasteiger partial charge is 0.494 e. The molecule has 3 N–H and O–H groups in total. The molecule has 0 amide bonds. The van der Waals surface area contributed by atoms with E-state index in [1.807, 2.05) is 0 Å². The van der Waals surface area contributed by atoms with Crippen molar-refractivity contribution in [3.63, 3.8) is 0 Å². The van der Waals surface area contributed by atoms with Crippen molar-refractivity contribution in [1.82, 2.24) is 4.90 Å². The summed E-state index contributed by atoms with van der Waals surface area (Å²) >= 11 is 0. The second-order valence-corrected chi connectivity index (χ2v) is 7.64. The first-order valence-corrected chi connectivity index (χ1v) is 9.74. The molecule has 1 aromatic carbocycles. The number of hydrogen-bond acceptors (Lipinski definition) is 5. The predicted molar refractivity (Wildman–Crippen MR) is 102 cm³/mol. The SMILES string of the molecule is C[C@@H]1CCCN1CCCOc1ccc(N2CCC(O)(CN)CC2)cc1. The molecule has 1 aromatic rings. The highest BCUT2D eigenvalue weighted by molar-refractivity contribution is 5.49. The van der Waals surface area contributed by atoms with Crippen LogP contribution >= 0.6 is 0 Å². The zero-order chi connectivity index (χ0) is 17.7. The third-order valence-corrected chi connectivity index (χ3v) is 5.82. The number of rotatable bonds is 7. The monoisotopic (exact) mass is 347 g/mol. The van der Waals surface area contributed by atoms with Crippen LogP contribution in [0.1, 0.15) is 39.0 Å². The summed E-state index contributed by atoms with van der Waals surface area (Å²) in [6.07, 6.45) is 5.22. The number of likely N-dealkylation sites (tertiary alicyclic amines) is 1. The van der Waals surface area contributed by atoms with Gasteiger partial charge in [0.05, 0.1) is 12.2 Å². The van der Waals surface area contributed by atoms with Crippen molar-refractivity contribution in [3.8, 4) is 5.75 Å². The molecular formula is C20H33N3O2. The summed E-state index contributed by atoms with van der Waals surface area (Å²) in [6.45, 7) is 7.52. The van der Waals surface area contributed by atoms with Crippen molar-refractivity contribution in [2.45, 2.75) is 50.7 Å². The molecular weight excluding hydrogens is 314 g/mol. The average Bonchev–Trinajstić information content (AvgIpc) is 3.05. The van der Waals surface area contributed by atoms with Crippen molar-refractivity contribution < 1.29 is 9.84 Å². The number of benzene rings is 1. The summed E-state index contributed by atoms with van der Waals surface area (Å²) in [5.41, 5.74) is 6.18. The molecule has 0 bridgehead atoms. The lowest BCUT2D eigenvalue weighted by molar-refractivity contribution is 0.0250. The Labute approximate surface area is 151 Å². The second kappa shape index (κ2) is 8.39.